The highest BCUT2D eigenvalue weighted by atomic mass is 16.3. The molecule has 0 saturated heterocycles. The molecule has 21 heavy (non-hydrogen) atoms. The van der Waals surface area contributed by atoms with Crippen LogP contribution in [0.15, 0.2) is 48.8 Å². The van der Waals surface area contributed by atoms with E-state index in [0.717, 1.165) is 11.1 Å². The highest BCUT2D eigenvalue weighted by molar-refractivity contribution is 5.75. The first-order valence-electron chi connectivity index (χ1n) is 6.27. The van der Waals surface area contributed by atoms with Crippen LogP contribution in [0.5, 0.6) is 5.75 Å². The van der Waals surface area contributed by atoms with Crippen LogP contribution < -0.4 is 11.5 Å². The van der Waals surface area contributed by atoms with E-state index in [0.29, 0.717) is 17.1 Å². The number of phenolic OH excluding ortho intramolecular Hbond substituents is 1. The van der Waals surface area contributed by atoms with Gasteiger partial charge in [-0.15, -0.1) is 0 Å². The fraction of sp³-hybridized carbons (Fsp3) is 0. The summed E-state index contributed by atoms with van der Waals surface area (Å²) in [4.78, 5) is 12.0. The third-order valence-corrected chi connectivity index (χ3v) is 3.07. The lowest BCUT2D eigenvalue weighted by Crippen LogP contribution is -1.95. The molecule has 6 heteroatoms. The van der Waals surface area contributed by atoms with E-state index in [1.807, 2.05) is 12.1 Å². The number of phenols is 1. The zero-order valence-electron chi connectivity index (χ0n) is 11.1. The predicted molar refractivity (Wildman–Crippen MR) is 81.2 cm³/mol. The van der Waals surface area contributed by atoms with Crippen LogP contribution in [0.3, 0.4) is 0 Å². The van der Waals surface area contributed by atoms with Crippen molar-refractivity contribution in [3.63, 3.8) is 0 Å². The standard InChI is InChI=1S/C15H13N5O/c16-14-4-2-10(8-19-14)9-1-3-13(21)11(7-9)12-5-6-18-15(17)20-12/h1-8,21H,(H2,16,19)(H2,17,18,20). The van der Waals surface area contributed by atoms with Gasteiger partial charge in [-0.1, -0.05) is 6.07 Å². The van der Waals surface area contributed by atoms with E-state index in [4.69, 9.17) is 11.5 Å². The lowest BCUT2D eigenvalue weighted by Gasteiger charge is -2.08. The van der Waals surface area contributed by atoms with Crippen LogP contribution in [0.2, 0.25) is 0 Å². The second-order valence-electron chi connectivity index (χ2n) is 4.50. The number of pyridine rings is 1. The molecule has 0 fully saturated rings. The molecular weight excluding hydrogens is 266 g/mol. The van der Waals surface area contributed by atoms with Crippen molar-refractivity contribution in [1.29, 1.82) is 0 Å². The second-order valence-corrected chi connectivity index (χ2v) is 4.50. The maximum Gasteiger partial charge on any atom is 0.220 e. The van der Waals surface area contributed by atoms with E-state index in [-0.39, 0.29) is 11.7 Å². The van der Waals surface area contributed by atoms with E-state index in [1.165, 1.54) is 0 Å². The van der Waals surface area contributed by atoms with Gasteiger partial charge < -0.3 is 16.6 Å². The summed E-state index contributed by atoms with van der Waals surface area (Å²) in [7, 11) is 0. The third kappa shape index (κ3) is 2.59. The first kappa shape index (κ1) is 12.9. The third-order valence-electron chi connectivity index (χ3n) is 3.07. The van der Waals surface area contributed by atoms with Gasteiger partial charge in [-0.2, -0.15) is 0 Å². The van der Waals surface area contributed by atoms with Crippen molar-refractivity contribution in [2.75, 3.05) is 11.5 Å². The number of hydrogen-bond donors (Lipinski definition) is 3. The molecule has 3 aromatic rings. The van der Waals surface area contributed by atoms with Gasteiger partial charge in [0.05, 0.1) is 5.69 Å². The maximum atomic E-state index is 10.0. The lowest BCUT2D eigenvalue weighted by molar-refractivity contribution is 0.477. The van der Waals surface area contributed by atoms with Crippen molar-refractivity contribution in [3.05, 3.63) is 48.8 Å². The van der Waals surface area contributed by atoms with Crippen LogP contribution in [0.1, 0.15) is 0 Å². The molecule has 0 saturated carbocycles. The van der Waals surface area contributed by atoms with Crippen molar-refractivity contribution >= 4 is 11.8 Å². The van der Waals surface area contributed by atoms with Crippen molar-refractivity contribution in [1.82, 2.24) is 15.0 Å². The summed E-state index contributed by atoms with van der Waals surface area (Å²) < 4.78 is 0. The quantitative estimate of drug-likeness (QED) is 0.662. The van der Waals surface area contributed by atoms with E-state index in [1.54, 1.807) is 36.7 Å². The molecule has 0 bridgehead atoms. The summed E-state index contributed by atoms with van der Waals surface area (Å²) in [6, 6.07) is 10.5. The van der Waals surface area contributed by atoms with Gasteiger partial charge in [-0.25, -0.2) is 15.0 Å². The summed E-state index contributed by atoms with van der Waals surface area (Å²) in [5, 5.41) is 10.0. The number of nitrogen functional groups attached to an aromatic ring is 2. The lowest BCUT2D eigenvalue weighted by atomic mass is 10.0. The van der Waals surface area contributed by atoms with Crippen molar-refractivity contribution in [2.45, 2.75) is 0 Å². The van der Waals surface area contributed by atoms with Crippen LogP contribution >= 0.6 is 0 Å². The van der Waals surface area contributed by atoms with Gasteiger partial charge >= 0.3 is 0 Å². The van der Waals surface area contributed by atoms with E-state index in [9.17, 15) is 5.11 Å². The first-order chi connectivity index (χ1) is 10.1. The molecule has 0 aliphatic carbocycles. The number of nitrogens with zero attached hydrogens (tertiary/aromatic N) is 3. The summed E-state index contributed by atoms with van der Waals surface area (Å²) in [5.41, 5.74) is 14.1. The van der Waals surface area contributed by atoms with Crippen LogP contribution in [-0.2, 0) is 0 Å². The number of rotatable bonds is 2. The molecule has 6 nitrogen and oxygen atoms in total. The van der Waals surface area contributed by atoms with Crippen LogP contribution in [0, 0.1) is 0 Å². The van der Waals surface area contributed by atoms with Crippen molar-refractivity contribution < 1.29 is 5.11 Å². The highest BCUT2D eigenvalue weighted by Gasteiger charge is 2.09. The molecule has 0 radical (unpaired) electrons. The number of aromatic nitrogens is 3. The van der Waals surface area contributed by atoms with Crippen molar-refractivity contribution in [2.24, 2.45) is 0 Å². The molecule has 3 rings (SSSR count). The van der Waals surface area contributed by atoms with Gasteiger partial charge in [0.1, 0.15) is 11.6 Å². The largest absolute Gasteiger partial charge is 0.507 e. The van der Waals surface area contributed by atoms with Gasteiger partial charge in [0, 0.05) is 23.5 Å². The summed E-state index contributed by atoms with van der Waals surface area (Å²) in [6.45, 7) is 0. The Hall–Kier alpha value is -3.15. The van der Waals surface area contributed by atoms with E-state index in [2.05, 4.69) is 15.0 Å². The molecule has 2 aromatic heterocycles. The number of hydrogen-bond acceptors (Lipinski definition) is 6. The first-order valence-corrected chi connectivity index (χ1v) is 6.27. The Kier molecular flexibility index (Phi) is 3.12. The van der Waals surface area contributed by atoms with Crippen LogP contribution in [-0.4, -0.2) is 20.1 Å². The molecule has 1 aromatic carbocycles. The Morgan fingerprint density at radius 2 is 1.71 bits per heavy atom. The summed E-state index contributed by atoms with van der Waals surface area (Å²) in [6.07, 6.45) is 3.23. The van der Waals surface area contributed by atoms with E-state index >= 15 is 0 Å². The van der Waals surface area contributed by atoms with Gasteiger partial charge in [-0.05, 0) is 35.9 Å². The Bertz CT molecular complexity index is 786. The maximum absolute atomic E-state index is 10.0. The SMILES string of the molecule is Nc1ccc(-c2ccc(O)c(-c3ccnc(N)n3)c2)cn1. The van der Waals surface area contributed by atoms with Gasteiger partial charge in [0.2, 0.25) is 5.95 Å². The second kappa shape index (κ2) is 5.09. The average molecular weight is 279 g/mol. The van der Waals surface area contributed by atoms with Gasteiger partial charge in [0.15, 0.2) is 0 Å². The fourth-order valence-electron chi connectivity index (χ4n) is 2.02. The van der Waals surface area contributed by atoms with Gasteiger partial charge in [0.25, 0.3) is 0 Å². The number of aromatic hydroxyl groups is 1. The molecule has 0 atom stereocenters. The molecule has 0 amide bonds. The van der Waals surface area contributed by atoms with Crippen LogP contribution in [0.4, 0.5) is 11.8 Å². The number of nitrogens with two attached hydrogens (primary N) is 2. The monoisotopic (exact) mass is 279 g/mol. The summed E-state index contributed by atoms with van der Waals surface area (Å²) in [5.74, 6) is 0.744. The molecule has 0 aliphatic heterocycles. The Labute approximate surface area is 121 Å². The molecule has 0 unspecified atom stereocenters. The van der Waals surface area contributed by atoms with Crippen LogP contribution in [0.25, 0.3) is 22.4 Å². The Morgan fingerprint density at radius 1 is 0.905 bits per heavy atom. The normalized spacial score (nSPS) is 10.5. The topological polar surface area (TPSA) is 111 Å². The minimum Gasteiger partial charge on any atom is -0.507 e. The zero-order valence-corrected chi connectivity index (χ0v) is 11.1. The fourth-order valence-corrected chi connectivity index (χ4v) is 2.02. The predicted octanol–water partition coefficient (Wildman–Crippen LogP) is 2.08. The summed E-state index contributed by atoms with van der Waals surface area (Å²) >= 11 is 0. The minimum atomic E-state index is 0.125. The number of benzene rings is 1. The number of anilines is 2. The highest BCUT2D eigenvalue weighted by Crippen LogP contribution is 2.32. The molecule has 2 heterocycles. The molecule has 5 N–H and O–H groups in total. The smallest absolute Gasteiger partial charge is 0.220 e. The molecule has 0 aliphatic rings. The Morgan fingerprint density at radius 3 is 2.43 bits per heavy atom. The van der Waals surface area contributed by atoms with E-state index < -0.39 is 0 Å². The molecule has 0 spiro atoms. The van der Waals surface area contributed by atoms with Gasteiger partial charge in [-0.3, -0.25) is 0 Å². The zero-order chi connectivity index (χ0) is 14.8. The minimum absolute atomic E-state index is 0.125. The molecule has 104 valence electrons. The molecular formula is C15H13N5O. The van der Waals surface area contributed by atoms with Crippen molar-refractivity contribution in [3.8, 4) is 28.1 Å². The average Bonchev–Trinajstić information content (AvgIpc) is 2.49. The Balaban J connectivity index is 2.10.